The molecule has 1 amide bonds. The van der Waals surface area contributed by atoms with Gasteiger partial charge in [-0.2, -0.15) is 0 Å². The number of aliphatic carboxylic acids is 1. The Morgan fingerprint density at radius 1 is 1.38 bits per heavy atom. The molecule has 1 unspecified atom stereocenters. The second kappa shape index (κ2) is 5.27. The van der Waals surface area contributed by atoms with Crippen LogP contribution in [0, 0.1) is 6.92 Å². The number of rotatable bonds is 2. The smallest absolute Gasteiger partial charge is 0.312 e. The van der Waals surface area contributed by atoms with Crippen molar-refractivity contribution in [2.75, 3.05) is 11.4 Å². The lowest BCUT2D eigenvalue weighted by atomic mass is 10.0. The summed E-state index contributed by atoms with van der Waals surface area (Å²) in [5, 5.41) is 9.34. The number of carboxylic acid groups (broad SMARTS) is 1. The lowest BCUT2D eigenvalue weighted by molar-refractivity contribution is -0.138. The standard InChI is InChI=1S/C15H12BrNO3S/c1-8-6-12(21-13(8)16)14(18)17-7-10(15(19)20)9-4-2-3-5-11(9)17/h2-6,10H,7H2,1H3,(H,19,20). The van der Waals surface area contributed by atoms with Crippen molar-refractivity contribution in [2.45, 2.75) is 12.8 Å². The second-order valence-electron chi connectivity index (χ2n) is 4.93. The zero-order chi connectivity index (χ0) is 15.1. The van der Waals surface area contributed by atoms with E-state index in [0.29, 0.717) is 16.1 Å². The van der Waals surface area contributed by atoms with Crippen molar-refractivity contribution in [1.82, 2.24) is 0 Å². The molecule has 0 radical (unpaired) electrons. The lowest BCUT2D eigenvalue weighted by Crippen LogP contribution is -2.30. The fraction of sp³-hybridized carbons (Fsp3) is 0.200. The van der Waals surface area contributed by atoms with E-state index in [1.165, 1.54) is 11.3 Å². The van der Waals surface area contributed by atoms with Crippen molar-refractivity contribution in [2.24, 2.45) is 0 Å². The quantitative estimate of drug-likeness (QED) is 0.883. The van der Waals surface area contributed by atoms with Crippen molar-refractivity contribution in [3.05, 3.63) is 50.1 Å². The molecule has 2 heterocycles. The van der Waals surface area contributed by atoms with Gasteiger partial charge in [-0.25, -0.2) is 0 Å². The molecule has 1 aliphatic rings. The van der Waals surface area contributed by atoms with E-state index in [1.54, 1.807) is 23.1 Å². The summed E-state index contributed by atoms with van der Waals surface area (Å²) < 4.78 is 0.924. The maximum atomic E-state index is 12.7. The van der Waals surface area contributed by atoms with E-state index in [4.69, 9.17) is 0 Å². The summed E-state index contributed by atoms with van der Waals surface area (Å²) in [6.45, 7) is 2.11. The van der Waals surface area contributed by atoms with Crippen LogP contribution in [0.4, 0.5) is 5.69 Å². The molecule has 6 heteroatoms. The van der Waals surface area contributed by atoms with Gasteiger partial charge in [-0.05, 0) is 46.1 Å². The molecule has 4 nitrogen and oxygen atoms in total. The van der Waals surface area contributed by atoms with E-state index in [2.05, 4.69) is 15.9 Å². The maximum absolute atomic E-state index is 12.7. The number of benzene rings is 1. The van der Waals surface area contributed by atoms with Crippen LogP contribution in [-0.2, 0) is 4.79 Å². The first kappa shape index (κ1) is 14.3. The summed E-state index contributed by atoms with van der Waals surface area (Å²) in [7, 11) is 0. The number of nitrogens with zero attached hydrogens (tertiary/aromatic N) is 1. The molecule has 2 aromatic rings. The molecule has 0 fully saturated rings. The van der Waals surface area contributed by atoms with Crippen LogP contribution >= 0.6 is 27.3 Å². The highest BCUT2D eigenvalue weighted by Crippen LogP contribution is 2.38. The number of amides is 1. The van der Waals surface area contributed by atoms with Gasteiger partial charge in [0.2, 0.25) is 0 Å². The van der Waals surface area contributed by atoms with Crippen LogP contribution in [0.2, 0.25) is 0 Å². The molecule has 1 atom stereocenters. The van der Waals surface area contributed by atoms with Crippen molar-refractivity contribution < 1.29 is 14.7 Å². The van der Waals surface area contributed by atoms with Gasteiger partial charge in [0.25, 0.3) is 5.91 Å². The zero-order valence-corrected chi connectivity index (χ0v) is 13.6. The lowest BCUT2D eigenvalue weighted by Gasteiger charge is -2.16. The number of hydrogen-bond donors (Lipinski definition) is 1. The molecule has 0 saturated carbocycles. The third kappa shape index (κ3) is 2.38. The highest BCUT2D eigenvalue weighted by atomic mass is 79.9. The molecule has 1 aromatic carbocycles. The predicted octanol–water partition coefficient (Wildman–Crippen LogP) is 3.65. The summed E-state index contributed by atoms with van der Waals surface area (Å²) in [4.78, 5) is 26.2. The van der Waals surface area contributed by atoms with Crippen molar-refractivity contribution in [3.63, 3.8) is 0 Å². The van der Waals surface area contributed by atoms with Crippen LogP contribution in [0.3, 0.4) is 0 Å². The minimum absolute atomic E-state index is 0.148. The van der Waals surface area contributed by atoms with Crippen LogP contribution in [0.5, 0.6) is 0 Å². The largest absolute Gasteiger partial charge is 0.481 e. The molecule has 0 saturated heterocycles. The predicted molar refractivity (Wildman–Crippen MR) is 85.3 cm³/mol. The number of carboxylic acids is 1. The highest BCUT2D eigenvalue weighted by molar-refractivity contribution is 9.11. The Morgan fingerprint density at radius 3 is 2.71 bits per heavy atom. The van der Waals surface area contributed by atoms with Crippen LogP contribution in [0.25, 0.3) is 0 Å². The second-order valence-corrected chi connectivity index (χ2v) is 7.30. The van der Waals surface area contributed by atoms with Crippen molar-refractivity contribution >= 4 is 44.8 Å². The molecule has 1 aromatic heterocycles. The van der Waals surface area contributed by atoms with Gasteiger partial charge in [0.15, 0.2) is 0 Å². The van der Waals surface area contributed by atoms with Crippen LogP contribution in [-0.4, -0.2) is 23.5 Å². The summed E-state index contributed by atoms with van der Waals surface area (Å²) in [6.07, 6.45) is 0. The summed E-state index contributed by atoms with van der Waals surface area (Å²) in [6, 6.07) is 9.02. The normalized spacial score (nSPS) is 16.9. The average Bonchev–Trinajstić information content (AvgIpc) is 3.00. The third-order valence-corrected chi connectivity index (χ3v) is 5.70. The van der Waals surface area contributed by atoms with Crippen molar-refractivity contribution in [1.29, 1.82) is 0 Å². The number of fused-ring (bicyclic) bond motifs is 1. The minimum Gasteiger partial charge on any atom is -0.481 e. The van der Waals surface area contributed by atoms with Gasteiger partial charge < -0.3 is 10.0 Å². The Morgan fingerprint density at radius 2 is 2.10 bits per heavy atom. The molecular formula is C15H12BrNO3S. The molecular weight excluding hydrogens is 354 g/mol. The van der Waals surface area contributed by atoms with E-state index in [-0.39, 0.29) is 12.5 Å². The molecule has 0 spiro atoms. The fourth-order valence-electron chi connectivity index (χ4n) is 2.51. The van der Waals surface area contributed by atoms with Gasteiger partial charge in [-0.15, -0.1) is 11.3 Å². The Hall–Kier alpha value is -1.66. The first-order chi connectivity index (χ1) is 9.99. The van der Waals surface area contributed by atoms with Gasteiger partial charge >= 0.3 is 5.97 Å². The third-order valence-electron chi connectivity index (χ3n) is 3.58. The van der Waals surface area contributed by atoms with E-state index >= 15 is 0 Å². The Kier molecular flexibility index (Phi) is 3.59. The zero-order valence-electron chi connectivity index (χ0n) is 11.2. The number of thiophene rings is 1. The highest BCUT2D eigenvalue weighted by Gasteiger charge is 2.37. The Labute approximate surface area is 134 Å². The van der Waals surface area contributed by atoms with Crippen LogP contribution < -0.4 is 4.90 Å². The molecule has 0 bridgehead atoms. The average molecular weight is 366 g/mol. The monoisotopic (exact) mass is 365 g/mol. The topological polar surface area (TPSA) is 57.6 Å². The maximum Gasteiger partial charge on any atom is 0.312 e. The summed E-state index contributed by atoms with van der Waals surface area (Å²) in [5.74, 6) is -1.71. The molecule has 1 N–H and O–H groups in total. The molecule has 21 heavy (non-hydrogen) atoms. The van der Waals surface area contributed by atoms with Gasteiger partial charge in [-0.3, -0.25) is 9.59 Å². The molecule has 3 rings (SSSR count). The first-order valence-corrected chi connectivity index (χ1v) is 7.99. The van der Waals surface area contributed by atoms with Gasteiger partial charge in [0.05, 0.1) is 8.66 Å². The first-order valence-electron chi connectivity index (χ1n) is 6.38. The van der Waals surface area contributed by atoms with Gasteiger partial charge in [0, 0.05) is 12.2 Å². The van der Waals surface area contributed by atoms with E-state index < -0.39 is 11.9 Å². The number of para-hydroxylation sites is 1. The number of halogens is 1. The summed E-state index contributed by atoms with van der Waals surface area (Å²) >= 11 is 4.79. The fourth-order valence-corrected chi connectivity index (χ4v) is 3.99. The van der Waals surface area contributed by atoms with E-state index in [9.17, 15) is 14.7 Å². The summed E-state index contributed by atoms with van der Waals surface area (Å²) in [5.41, 5.74) is 2.40. The molecule has 1 aliphatic heterocycles. The SMILES string of the molecule is Cc1cc(C(=O)N2CC(C(=O)O)c3ccccc32)sc1Br. The van der Waals surface area contributed by atoms with Gasteiger partial charge in [-0.1, -0.05) is 18.2 Å². The Bertz CT molecular complexity index is 721. The number of hydrogen-bond acceptors (Lipinski definition) is 3. The van der Waals surface area contributed by atoms with Gasteiger partial charge in [0.1, 0.15) is 5.92 Å². The van der Waals surface area contributed by atoms with Crippen LogP contribution in [0.1, 0.15) is 26.7 Å². The van der Waals surface area contributed by atoms with Crippen molar-refractivity contribution in [3.8, 4) is 0 Å². The number of carbonyl (C=O) groups excluding carboxylic acids is 1. The molecule has 108 valence electrons. The number of anilines is 1. The minimum atomic E-state index is -0.902. The molecule has 0 aliphatic carbocycles. The van der Waals surface area contributed by atoms with E-state index in [1.807, 2.05) is 19.1 Å². The number of aryl methyl sites for hydroxylation is 1. The van der Waals surface area contributed by atoms with Crippen LogP contribution in [0.15, 0.2) is 34.1 Å². The Balaban J connectivity index is 2.00. The van der Waals surface area contributed by atoms with E-state index in [0.717, 1.165) is 9.35 Å². The number of carbonyl (C=O) groups is 2.